The molecule has 0 heterocycles. The van der Waals surface area contributed by atoms with E-state index in [4.69, 9.17) is 0 Å². The van der Waals surface area contributed by atoms with Crippen LogP contribution in [0.5, 0.6) is 0 Å². The number of ether oxygens (including phenoxy) is 2. The molecule has 0 fully saturated rings. The highest BCUT2D eigenvalue weighted by atomic mass is 28.2. The average molecular weight is 520 g/mol. The molecular formula is C12H12F16O2Si. The Morgan fingerprint density at radius 1 is 0.581 bits per heavy atom. The van der Waals surface area contributed by atoms with Crippen LogP contribution in [0.2, 0.25) is 0 Å². The lowest BCUT2D eigenvalue weighted by Crippen LogP contribution is -2.72. The van der Waals surface area contributed by atoms with E-state index >= 15 is 0 Å². The van der Waals surface area contributed by atoms with Gasteiger partial charge in [0.15, 0.2) is 0 Å². The number of methoxy groups -OCH3 is 2. The summed E-state index contributed by atoms with van der Waals surface area (Å²) >= 11 is 0. The van der Waals surface area contributed by atoms with Gasteiger partial charge in [0.25, 0.3) is 0 Å². The molecule has 0 spiro atoms. The molecule has 19 heteroatoms. The lowest BCUT2D eigenvalue weighted by Gasteiger charge is -2.41. The van der Waals surface area contributed by atoms with Crippen molar-refractivity contribution in [2.45, 2.75) is 59.8 Å². The zero-order valence-electron chi connectivity index (χ0n) is 14.9. The minimum Gasteiger partial charge on any atom is -0.360 e. The molecule has 0 aromatic heterocycles. The molecule has 0 aromatic rings. The van der Waals surface area contributed by atoms with E-state index in [-0.39, 0.29) is 0 Å². The van der Waals surface area contributed by atoms with Crippen molar-refractivity contribution in [2.24, 2.45) is 0 Å². The van der Waals surface area contributed by atoms with Gasteiger partial charge in [-0.3, -0.25) is 4.39 Å². The first kappa shape index (κ1) is 30.0. The van der Waals surface area contributed by atoms with E-state index in [1.54, 1.807) is 0 Å². The highest BCUT2D eigenvalue weighted by molar-refractivity contribution is 6.38. The first-order valence-corrected chi connectivity index (χ1v) is 9.05. The number of hydrogen-bond donors (Lipinski definition) is 0. The molecule has 1 atom stereocenters. The van der Waals surface area contributed by atoms with E-state index in [0.29, 0.717) is 0 Å². The van der Waals surface area contributed by atoms with E-state index in [0.717, 1.165) is 14.2 Å². The predicted octanol–water partition coefficient (Wildman–Crippen LogP) is 4.79. The van der Waals surface area contributed by atoms with Crippen molar-refractivity contribution in [1.82, 2.24) is 0 Å². The van der Waals surface area contributed by atoms with Gasteiger partial charge in [0, 0.05) is 20.6 Å². The van der Waals surface area contributed by atoms with Crippen molar-refractivity contribution in [3.05, 3.63) is 0 Å². The highest BCUT2D eigenvalue weighted by Gasteiger charge is 2.93. The minimum atomic E-state index is -8.38. The maximum Gasteiger partial charge on any atom is 0.460 e. The number of rotatable bonds is 11. The molecule has 188 valence electrons. The van der Waals surface area contributed by atoms with E-state index in [2.05, 4.69) is 9.47 Å². The fourth-order valence-electron chi connectivity index (χ4n) is 1.99. The van der Waals surface area contributed by atoms with Crippen molar-refractivity contribution < 1.29 is 79.7 Å². The fourth-order valence-corrected chi connectivity index (χ4v) is 3.32. The van der Waals surface area contributed by atoms with Gasteiger partial charge in [-0.2, -0.15) is 65.9 Å². The Bertz CT molecular complexity index is 600. The molecule has 0 rings (SSSR count). The number of alkyl halides is 16. The molecule has 0 aliphatic carbocycles. The van der Waals surface area contributed by atoms with Gasteiger partial charge >= 0.3 is 41.7 Å². The molecule has 0 aliphatic heterocycles. The van der Waals surface area contributed by atoms with Crippen molar-refractivity contribution in [3.8, 4) is 0 Å². The maximum absolute atomic E-state index is 13.6. The van der Waals surface area contributed by atoms with Crippen LogP contribution in [0.4, 0.5) is 70.2 Å². The Labute approximate surface area is 164 Å². The fraction of sp³-hybridized carbons (Fsp3) is 1.00. The molecule has 2 nitrogen and oxygen atoms in total. The second kappa shape index (κ2) is 8.75. The first-order valence-electron chi connectivity index (χ1n) is 7.42. The normalized spacial score (nSPS) is 17.1. The summed E-state index contributed by atoms with van der Waals surface area (Å²) in [6.45, 7) is 0. The summed E-state index contributed by atoms with van der Waals surface area (Å²) in [5.74, 6) is -52.0. The zero-order valence-corrected chi connectivity index (χ0v) is 16.3. The quantitative estimate of drug-likeness (QED) is 0.222. The summed E-state index contributed by atoms with van der Waals surface area (Å²) in [6, 6.07) is 0. The standard InChI is InChI=1S/C12H12F16O2Si/c1-29-5(30-2)31-4(13)3-6(14,15)7(16,17)8(18,19)9(20,21)10(22,23)11(24,25)12(26,27)28/h4-5H,3,31H2,1-2H3. The van der Waals surface area contributed by atoms with E-state index in [1.807, 2.05) is 0 Å². The highest BCUT2D eigenvalue weighted by Crippen LogP contribution is 2.62. The van der Waals surface area contributed by atoms with Gasteiger partial charge < -0.3 is 9.47 Å². The molecule has 0 radical (unpaired) electrons. The van der Waals surface area contributed by atoms with Crippen LogP contribution in [0.1, 0.15) is 6.42 Å². The summed E-state index contributed by atoms with van der Waals surface area (Å²) in [4.78, 5) is 0. The SMILES string of the molecule is COC(OC)[SiH2]C(F)CC(F)(F)C(F)(F)C(F)(F)C(F)(F)C(F)(F)C(F)(F)C(F)(F)F. The first-order chi connectivity index (χ1) is 13.4. The third-order valence-corrected chi connectivity index (χ3v) is 5.70. The molecule has 0 saturated carbocycles. The van der Waals surface area contributed by atoms with Crippen LogP contribution in [0.15, 0.2) is 0 Å². The van der Waals surface area contributed by atoms with Gasteiger partial charge in [0.1, 0.15) is 15.4 Å². The summed E-state index contributed by atoms with van der Waals surface area (Å²) in [5, 5.41) is 0. The van der Waals surface area contributed by atoms with Crippen LogP contribution in [0.25, 0.3) is 0 Å². The Kier molecular flexibility index (Phi) is 8.47. The van der Waals surface area contributed by atoms with Crippen LogP contribution in [0.3, 0.4) is 0 Å². The summed E-state index contributed by atoms with van der Waals surface area (Å²) in [7, 11) is -1.20. The Morgan fingerprint density at radius 3 is 1.23 bits per heavy atom. The molecule has 0 N–H and O–H groups in total. The average Bonchev–Trinajstić information content (AvgIpc) is 2.57. The summed E-state index contributed by atoms with van der Waals surface area (Å²) in [5.41, 5.74) is 0. The van der Waals surface area contributed by atoms with Gasteiger partial charge in [0.05, 0.1) is 5.79 Å². The zero-order chi connectivity index (χ0) is 25.5. The van der Waals surface area contributed by atoms with Crippen LogP contribution in [-0.2, 0) is 9.47 Å². The van der Waals surface area contributed by atoms with Crippen LogP contribution in [-0.4, -0.2) is 77.2 Å². The van der Waals surface area contributed by atoms with Gasteiger partial charge in [-0.25, -0.2) is 0 Å². The topological polar surface area (TPSA) is 18.5 Å². The predicted molar refractivity (Wildman–Crippen MR) is 71.6 cm³/mol. The van der Waals surface area contributed by atoms with E-state index < -0.39 is 69.4 Å². The molecule has 0 saturated heterocycles. The Morgan fingerprint density at radius 2 is 0.903 bits per heavy atom. The molecule has 0 aliphatic rings. The van der Waals surface area contributed by atoms with Crippen molar-refractivity contribution >= 4 is 9.52 Å². The third-order valence-electron chi connectivity index (χ3n) is 3.84. The molecule has 1 unspecified atom stereocenters. The number of hydrogen-bond acceptors (Lipinski definition) is 2. The van der Waals surface area contributed by atoms with Crippen LogP contribution < -0.4 is 0 Å². The largest absolute Gasteiger partial charge is 0.460 e. The van der Waals surface area contributed by atoms with Crippen molar-refractivity contribution in [2.75, 3.05) is 14.2 Å². The maximum atomic E-state index is 13.6. The van der Waals surface area contributed by atoms with Crippen molar-refractivity contribution in [3.63, 3.8) is 0 Å². The molecule has 0 aromatic carbocycles. The molecule has 31 heavy (non-hydrogen) atoms. The van der Waals surface area contributed by atoms with Crippen LogP contribution in [0, 0.1) is 0 Å². The third kappa shape index (κ3) is 4.86. The molecular weight excluding hydrogens is 508 g/mol. The van der Waals surface area contributed by atoms with Crippen LogP contribution >= 0.6 is 0 Å². The van der Waals surface area contributed by atoms with Gasteiger partial charge in [-0.05, 0) is 0 Å². The summed E-state index contributed by atoms with van der Waals surface area (Å²) in [6.07, 6.45) is -10.7. The van der Waals surface area contributed by atoms with E-state index in [1.165, 1.54) is 0 Å². The van der Waals surface area contributed by atoms with E-state index in [9.17, 15) is 70.2 Å². The lowest BCUT2D eigenvalue weighted by molar-refractivity contribution is -0.452. The van der Waals surface area contributed by atoms with Crippen molar-refractivity contribution in [1.29, 1.82) is 0 Å². The monoisotopic (exact) mass is 520 g/mol. The lowest BCUT2D eigenvalue weighted by atomic mass is 9.90. The Balaban J connectivity index is 6.20. The molecule has 0 bridgehead atoms. The Hall–Kier alpha value is -0.983. The molecule has 0 amide bonds. The minimum absolute atomic E-state index is 0.804. The van der Waals surface area contributed by atoms with Gasteiger partial charge in [-0.1, -0.05) is 0 Å². The smallest absolute Gasteiger partial charge is 0.360 e. The van der Waals surface area contributed by atoms with Gasteiger partial charge in [0.2, 0.25) is 0 Å². The second-order valence-electron chi connectivity index (χ2n) is 6.01. The number of halogens is 16. The second-order valence-corrected chi connectivity index (χ2v) is 8.04. The summed E-state index contributed by atoms with van der Waals surface area (Å²) < 4.78 is 217. The van der Waals surface area contributed by atoms with Gasteiger partial charge in [-0.15, -0.1) is 0 Å².